The topological polar surface area (TPSA) is 0 Å². The van der Waals surface area contributed by atoms with Crippen molar-refractivity contribution in [1.29, 1.82) is 0 Å². The van der Waals surface area contributed by atoms with Crippen molar-refractivity contribution >= 4 is 25.3 Å². The van der Waals surface area contributed by atoms with E-state index in [1.165, 1.54) is 4.91 Å². The van der Waals surface area contributed by atoms with Gasteiger partial charge in [-0.1, -0.05) is 6.08 Å². The molecule has 0 heterocycles. The third kappa shape index (κ3) is 1.42. The maximum atomic E-state index is 4.25. The lowest BCUT2D eigenvalue weighted by atomic mass is 10.3. The second kappa shape index (κ2) is 2.14. The van der Waals surface area contributed by atoms with Gasteiger partial charge in [-0.3, -0.25) is 0 Å². The van der Waals surface area contributed by atoms with Gasteiger partial charge < -0.3 is 0 Å². The van der Waals surface area contributed by atoms with Crippen LogP contribution in [0.15, 0.2) is 11.0 Å². The molecule has 0 saturated heterocycles. The largest absolute Gasteiger partial charge is 0.175 e. The summed E-state index contributed by atoms with van der Waals surface area (Å²) in [7, 11) is 0. The van der Waals surface area contributed by atoms with Gasteiger partial charge in [0.1, 0.15) is 0 Å². The normalized spacial score (nSPS) is 30.6. The van der Waals surface area contributed by atoms with Gasteiger partial charge >= 0.3 is 0 Å². The van der Waals surface area contributed by atoms with Gasteiger partial charge in [-0.25, -0.2) is 0 Å². The van der Waals surface area contributed by atoms with Crippen molar-refractivity contribution in [2.75, 3.05) is 0 Å². The van der Waals surface area contributed by atoms with Gasteiger partial charge in [-0.2, -0.15) is 12.6 Å². The smallest absolute Gasteiger partial charge is 0.00969 e. The first-order chi connectivity index (χ1) is 3.29. The molecule has 0 saturated carbocycles. The fourth-order valence-electron chi connectivity index (χ4n) is 0.680. The molecule has 0 amide bonds. The highest BCUT2D eigenvalue weighted by atomic mass is 32.1. The van der Waals surface area contributed by atoms with Crippen LogP contribution in [0.3, 0.4) is 0 Å². The Hall–Kier alpha value is 0.440. The van der Waals surface area contributed by atoms with Gasteiger partial charge in [0.05, 0.1) is 0 Å². The Bertz CT molecular complexity index is 96.3. The zero-order chi connectivity index (χ0) is 5.28. The molecule has 1 atom stereocenters. The molecule has 0 spiro atoms. The summed E-state index contributed by atoms with van der Waals surface area (Å²) >= 11 is 8.41. The van der Waals surface area contributed by atoms with E-state index in [0.29, 0.717) is 5.25 Å². The summed E-state index contributed by atoms with van der Waals surface area (Å²) in [4.78, 5) is 1.19. The Morgan fingerprint density at radius 2 is 2.43 bits per heavy atom. The first-order valence-electron chi connectivity index (χ1n) is 2.35. The molecule has 1 rings (SSSR count). The Morgan fingerprint density at radius 3 is 2.57 bits per heavy atom. The highest BCUT2D eigenvalue weighted by Gasteiger charge is 2.08. The van der Waals surface area contributed by atoms with Crippen LogP contribution >= 0.6 is 25.3 Å². The van der Waals surface area contributed by atoms with Gasteiger partial charge in [-0.15, -0.1) is 12.6 Å². The lowest BCUT2D eigenvalue weighted by molar-refractivity contribution is 0.958. The molecule has 1 aliphatic carbocycles. The molecular formula is C5H8S2. The number of allylic oxidation sites excluding steroid dienone is 2. The maximum absolute atomic E-state index is 4.25. The predicted octanol–water partition coefficient (Wildman–Crippen LogP) is 1.89. The Morgan fingerprint density at radius 1 is 1.71 bits per heavy atom. The summed E-state index contributed by atoms with van der Waals surface area (Å²) in [6.45, 7) is 0. The van der Waals surface area contributed by atoms with Crippen LogP contribution in [0, 0.1) is 0 Å². The van der Waals surface area contributed by atoms with E-state index in [0.717, 1.165) is 12.8 Å². The van der Waals surface area contributed by atoms with Crippen molar-refractivity contribution in [3.8, 4) is 0 Å². The zero-order valence-electron chi connectivity index (χ0n) is 3.96. The highest BCUT2D eigenvalue weighted by molar-refractivity contribution is 7.84. The van der Waals surface area contributed by atoms with Crippen molar-refractivity contribution in [3.05, 3.63) is 11.0 Å². The van der Waals surface area contributed by atoms with Crippen molar-refractivity contribution < 1.29 is 0 Å². The molecule has 1 unspecified atom stereocenters. The molecule has 0 aliphatic heterocycles. The summed E-state index contributed by atoms with van der Waals surface area (Å²) in [5.41, 5.74) is 0. The second-order valence-corrected chi connectivity index (χ2v) is 3.09. The van der Waals surface area contributed by atoms with Crippen LogP contribution in [0.1, 0.15) is 12.8 Å². The van der Waals surface area contributed by atoms with Gasteiger partial charge in [-0.05, 0) is 17.7 Å². The van der Waals surface area contributed by atoms with Crippen LogP contribution in [0.5, 0.6) is 0 Å². The highest BCUT2D eigenvalue weighted by Crippen LogP contribution is 2.24. The van der Waals surface area contributed by atoms with Crippen LogP contribution in [0.2, 0.25) is 0 Å². The molecule has 40 valence electrons. The molecule has 0 aromatic rings. The molecule has 0 nitrogen and oxygen atoms in total. The summed E-state index contributed by atoms with van der Waals surface area (Å²) in [5.74, 6) is 0. The number of thiol groups is 2. The monoisotopic (exact) mass is 132 g/mol. The van der Waals surface area contributed by atoms with E-state index < -0.39 is 0 Å². The van der Waals surface area contributed by atoms with Gasteiger partial charge in [0.15, 0.2) is 0 Å². The number of rotatable bonds is 0. The molecule has 1 aliphatic rings. The fourth-order valence-corrected chi connectivity index (χ4v) is 1.45. The van der Waals surface area contributed by atoms with Crippen molar-refractivity contribution in [1.82, 2.24) is 0 Å². The van der Waals surface area contributed by atoms with Gasteiger partial charge in [0.2, 0.25) is 0 Å². The minimum atomic E-state index is 0.549. The van der Waals surface area contributed by atoms with E-state index >= 15 is 0 Å². The average molecular weight is 132 g/mol. The molecular weight excluding hydrogens is 124 g/mol. The van der Waals surface area contributed by atoms with E-state index in [2.05, 4.69) is 31.3 Å². The summed E-state index contributed by atoms with van der Waals surface area (Å²) in [6.07, 6.45) is 4.29. The van der Waals surface area contributed by atoms with Gasteiger partial charge in [0, 0.05) is 5.25 Å². The lowest BCUT2D eigenvalue weighted by Gasteiger charge is -1.93. The molecule has 0 radical (unpaired) electrons. The Balaban J connectivity index is 2.42. The molecule has 0 fully saturated rings. The van der Waals surface area contributed by atoms with Crippen LogP contribution < -0.4 is 0 Å². The second-order valence-electron chi connectivity index (χ2n) is 1.79. The predicted molar refractivity (Wildman–Crippen MR) is 39.1 cm³/mol. The summed E-state index contributed by atoms with van der Waals surface area (Å²) in [5, 5.41) is 0.549. The van der Waals surface area contributed by atoms with E-state index in [-0.39, 0.29) is 0 Å². The minimum absolute atomic E-state index is 0.549. The maximum Gasteiger partial charge on any atom is 0.00969 e. The van der Waals surface area contributed by atoms with E-state index in [4.69, 9.17) is 0 Å². The molecule has 0 N–H and O–H groups in total. The molecule has 2 heteroatoms. The van der Waals surface area contributed by atoms with E-state index in [9.17, 15) is 0 Å². The standard InChI is InChI=1S/C5H8S2/c6-4-1-2-5(7)3-4/h1,5-7H,2-3H2. The third-order valence-electron chi connectivity index (χ3n) is 1.07. The van der Waals surface area contributed by atoms with E-state index in [1.54, 1.807) is 0 Å². The van der Waals surface area contributed by atoms with Crippen LogP contribution in [0.4, 0.5) is 0 Å². The van der Waals surface area contributed by atoms with Crippen molar-refractivity contribution in [3.63, 3.8) is 0 Å². The van der Waals surface area contributed by atoms with Crippen LogP contribution in [-0.4, -0.2) is 5.25 Å². The number of hydrogen-bond donors (Lipinski definition) is 2. The lowest BCUT2D eigenvalue weighted by Crippen LogP contribution is -1.86. The summed E-state index contributed by atoms with van der Waals surface area (Å²) in [6, 6.07) is 0. The fraction of sp³-hybridized carbons (Fsp3) is 0.600. The summed E-state index contributed by atoms with van der Waals surface area (Å²) < 4.78 is 0. The molecule has 0 aromatic heterocycles. The zero-order valence-corrected chi connectivity index (χ0v) is 5.75. The first-order valence-corrected chi connectivity index (χ1v) is 3.31. The SMILES string of the molecule is SC1=CCC(S)C1. The Labute approximate surface area is 54.8 Å². The molecule has 0 aromatic carbocycles. The minimum Gasteiger partial charge on any atom is -0.175 e. The van der Waals surface area contributed by atoms with Crippen LogP contribution in [-0.2, 0) is 0 Å². The number of hydrogen-bond acceptors (Lipinski definition) is 2. The quantitative estimate of drug-likeness (QED) is 0.462. The molecule has 0 bridgehead atoms. The van der Waals surface area contributed by atoms with E-state index in [1.807, 2.05) is 0 Å². The first kappa shape index (κ1) is 5.57. The Kier molecular flexibility index (Phi) is 1.70. The average Bonchev–Trinajstić information content (AvgIpc) is 1.87. The van der Waals surface area contributed by atoms with Crippen molar-refractivity contribution in [2.24, 2.45) is 0 Å². The van der Waals surface area contributed by atoms with Gasteiger partial charge in [0.25, 0.3) is 0 Å². The van der Waals surface area contributed by atoms with Crippen molar-refractivity contribution in [2.45, 2.75) is 18.1 Å². The third-order valence-corrected chi connectivity index (χ3v) is 1.83. The molecule has 7 heavy (non-hydrogen) atoms. The van der Waals surface area contributed by atoms with Crippen LogP contribution in [0.25, 0.3) is 0 Å².